The monoisotopic (exact) mass is 432 g/mol. The minimum absolute atomic E-state index is 0.0117. The van der Waals surface area contributed by atoms with Gasteiger partial charge in [-0.15, -0.1) is 0 Å². The lowest BCUT2D eigenvalue weighted by molar-refractivity contribution is -0.113. The largest absolute Gasteiger partial charge is 0.433 e. The number of thioether (sulfide) groups is 1. The molecule has 4 aromatic rings. The van der Waals surface area contributed by atoms with Gasteiger partial charge < -0.3 is 9.73 Å². The van der Waals surface area contributed by atoms with Gasteiger partial charge in [-0.05, 0) is 68.5 Å². The van der Waals surface area contributed by atoms with Crippen molar-refractivity contribution >= 4 is 51.3 Å². The van der Waals surface area contributed by atoms with Crippen molar-refractivity contribution in [1.29, 1.82) is 0 Å². The molecule has 0 saturated carbocycles. The summed E-state index contributed by atoms with van der Waals surface area (Å²) in [4.78, 5) is 37.2. The summed E-state index contributed by atoms with van der Waals surface area (Å²) in [5, 5.41) is 4.34. The lowest BCUT2D eigenvalue weighted by Crippen LogP contribution is -2.14. The van der Waals surface area contributed by atoms with Gasteiger partial charge in [0.25, 0.3) is 0 Å². The maximum atomic E-state index is 12.4. The van der Waals surface area contributed by atoms with E-state index in [1.54, 1.807) is 24.3 Å². The average Bonchev–Trinajstić information content (AvgIpc) is 3.14. The molecule has 1 aromatic carbocycles. The molecule has 0 aliphatic heterocycles. The van der Waals surface area contributed by atoms with E-state index in [0.29, 0.717) is 27.6 Å². The van der Waals surface area contributed by atoms with Crippen molar-refractivity contribution in [3.8, 4) is 0 Å². The van der Waals surface area contributed by atoms with Gasteiger partial charge in [-0.2, -0.15) is 0 Å². The van der Waals surface area contributed by atoms with Crippen LogP contribution in [0.15, 0.2) is 46.1 Å². The van der Waals surface area contributed by atoms with Gasteiger partial charge in [-0.1, -0.05) is 11.8 Å². The lowest BCUT2D eigenvalue weighted by Gasteiger charge is -2.13. The number of fused-ring (bicyclic) bond motifs is 4. The quantitative estimate of drug-likeness (QED) is 0.280. The Kier molecular flexibility index (Phi) is 5.15. The second kappa shape index (κ2) is 8.11. The molecule has 0 atom stereocenters. The zero-order valence-corrected chi connectivity index (χ0v) is 17.8. The Hall–Kier alpha value is -3.26. The van der Waals surface area contributed by atoms with E-state index in [4.69, 9.17) is 9.40 Å². The van der Waals surface area contributed by atoms with Crippen molar-refractivity contribution in [3.63, 3.8) is 0 Å². The fourth-order valence-corrected chi connectivity index (χ4v) is 4.55. The summed E-state index contributed by atoms with van der Waals surface area (Å²) >= 11 is 1.29. The molecule has 0 saturated heterocycles. The van der Waals surface area contributed by atoms with Gasteiger partial charge in [0, 0.05) is 16.9 Å². The number of furan rings is 1. The third kappa shape index (κ3) is 3.90. The van der Waals surface area contributed by atoms with Crippen molar-refractivity contribution in [3.05, 3.63) is 53.5 Å². The summed E-state index contributed by atoms with van der Waals surface area (Å²) in [6.07, 6.45) is 5.84. The van der Waals surface area contributed by atoms with Crippen molar-refractivity contribution in [2.45, 2.75) is 37.6 Å². The summed E-state index contributed by atoms with van der Waals surface area (Å²) in [5.74, 6) is -0.0129. The first-order chi connectivity index (χ1) is 15.1. The van der Waals surface area contributed by atoms with Gasteiger partial charge in [0.15, 0.2) is 11.4 Å². The maximum Gasteiger partial charge on any atom is 0.234 e. The summed E-state index contributed by atoms with van der Waals surface area (Å²) < 4.78 is 6.02. The summed E-state index contributed by atoms with van der Waals surface area (Å²) in [5.41, 5.74) is 5.50. The van der Waals surface area contributed by atoms with Crippen LogP contribution in [0.1, 0.15) is 41.4 Å². The number of Topliss-reactive ketones (excluding diaryl/α,β-unsaturated/α-hetero) is 1. The van der Waals surface area contributed by atoms with Gasteiger partial charge >= 0.3 is 0 Å². The molecule has 0 spiro atoms. The molecule has 1 N–H and O–H groups in total. The highest BCUT2D eigenvalue weighted by Gasteiger charge is 2.19. The number of aryl methyl sites for hydroxylation is 2. The van der Waals surface area contributed by atoms with E-state index in [0.717, 1.165) is 35.9 Å². The van der Waals surface area contributed by atoms with Crippen LogP contribution < -0.4 is 5.32 Å². The number of aromatic nitrogens is 3. The Balaban J connectivity index is 1.35. The van der Waals surface area contributed by atoms with E-state index in [9.17, 15) is 9.59 Å². The highest BCUT2D eigenvalue weighted by atomic mass is 32.2. The second-order valence-electron chi connectivity index (χ2n) is 7.58. The van der Waals surface area contributed by atoms with Gasteiger partial charge in [-0.25, -0.2) is 15.0 Å². The molecule has 31 heavy (non-hydrogen) atoms. The van der Waals surface area contributed by atoms with Gasteiger partial charge in [0.05, 0.1) is 11.1 Å². The minimum Gasteiger partial charge on any atom is -0.433 e. The van der Waals surface area contributed by atoms with Crippen LogP contribution in [0.5, 0.6) is 0 Å². The molecule has 0 unspecified atom stereocenters. The molecular weight excluding hydrogens is 412 g/mol. The summed E-state index contributed by atoms with van der Waals surface area (Å²) in [6.45, 7) is 1.51. The SMILES string of the molecule is CC(=O)c1ccc(NC(=O)CSc2ncnc3c2oc2nc4c(cc23)CCCC4)cc1. The number of amides is 1. The fraction of sp³-hybridized carbons (Fsp3) is 0.261. The fourth-order valence-electron chi connectivity index (χ4n) is 3.82. The predicted octanol–water partition coefficient (Wildman–Crippen LogP) is 4.58. The van der Waals surface area contributed by atoms with Crippen molar-refractivity contribution < 1.29 is 14.0 Å². The molecule has 156 valence electrons. The van der Waals surface area contributed by atoms with Crippen LogP contribution in [-0.4, -0.2) is 32.4 Å². The molecule has 0 radical (unpaired) electrons. The standard InChI is InChI=1S/C23H20N4O3S/c1-13(28)14-6-8-16(9-7-14)26-19(29)11-31-23-21-20(24-12-25-23)17-10-15-4-2-3-5-18(15)27-22(17)30-21/h6-10,12H,2-5,11H2,1H3,(H,26,29). The Labute approximate surface area is 182 Å². The Morgan fingerprint density at radius 1 is 1.13 bits per heavy atom. The van der Waals surface area contributed by atoms with Crippen LogP contribution in [0.4, 0.5) is 5.69 Å². The number of benzene rings is 1. The van der Waals surface area contributed by atoms with E-state index in [2.05, 4.69) is 21.4 Å². The molecular formula is C23H20N4O3S. The molecule has 0 bridgehead atoms. The van der Waals surface area contributed by atoms with E-state index in [1.807, 2.05) is 0 Å². The average molecular weight is 433 g/mol. The van der Waals surface area contributed by atoms with Crippen molar-refractivity contribution in [1.82, 2.24) is 15.0 Å². The normalized spacial score (nSPS) is 13.3. The number of carbonyl (C=O) groups excluding carboxylic acids is 2. The lowest BCUT2D eigenvalue weighted by atomic mass is 9.95. The first-order valence-corrected chi connectivity index (χ1v) is 11.2. The summed E-state index contributed by atoms with van der Waals surface area (Å²) in [7, 11) is 0. The molecule has 1 aliphatic carbocycles. The van der Waals surface area contributed by atoms with E-state index < -0.39 is 0 Å². The number of carbonyl (C=O) groups is 2. The number of rotatable bonds is 5. The molecule has 1 aliphatic rings. The van der Waals surface area contributed by atoms with Crippen LogP contribution >= 0.6 is 11.8 Å². The van der Waals surface area contributed by atoms with Crippen LogP contribution in [0, 0.1) is 0 Å². The van der Waals surface area contributed by atoms with Crippen LogP contribution in [0.3, 0.4) is 0 Å². The summed E-state index contributed by atoms with van der Waals surface area (Å²) in [6, 6.07) is 8.96. The van der Waals surface area contributed by atoms with Crippen LogP contribution in [-0.2, 0) is 17.6 Å². The number of pyridine rings is 1. The molecule has 3 aromatic heterocycles. The number of anilines is 1. The molecule has 3 heterocycles. The highest BCUT2D eigenvalue weighted by Crippen LogP contribution is 2.34. The van der Waals surface area contributed by atoms with E-state index in [-0.39, 0.29) is 17.4 Å². The molecule has 1 amide bonds. The minimum atomic E-state index is -0.169. The second-order valence-corrected chi connectivity index (χ2v) is 8.55. The van der Waals surface area contributed by atoms with Gasteiger partial charge in [-0.3, -0.25) is 9.59 Å². The topological polar surface area (TPSA) is 98.0 Å². The van der Waals surface area contributed by atoms with E-state index in [1.165, 1.54) is 37.0 Å². The number of hydrogen-bond donors (Lipinski definition) is 1. The number of ketones is 1. The Morgan fingerprint density at radius 3 is 2.74 bits per heavy atom. The zero-order valence-electron chi connectivity index (χ0n) is 17.0. The number of nitrogens with zero attached hydrogens (tertiary/aromatic N) is 3. The van der Waals surface area contributed by atoms with Crippen LogP contribution in [0.25, 0.3) is 22.2 Å². The third-order valence-corrected chi connectivity index (χ3v) is 6.38. The molecule has 8 heteroatoms. The third-order valence-electron chi connectivity index (χ3n) is 5.41. The first-order valence-electron chi connectivity index (χ1n) is 10.2. The van der Waals surface area contributed by atoms with Crippen molar-refractivity contribution in [2.75, 3.05) is 11.1 Å². The zero-order chi connectivity index (χ0) is 21.4. The van der Waals surface area contributed by atoms with Gasteiger partial charge in [0.2, 0.25) is 11.6 Å². The van der Waals surface area contributed by atoms with E-state index >= 15 is 0 Å². The van der Waals surface area contributed by atoms with Crippen molar-refractivity contribution in [2.24, 2.45) is 0 Å². The van der Waals surface area contributed by atoms with Crippen LogP contribution in [0.2, 0.25) is 0 Å². The number of nitrogens with one attached hydrogen (secondary N) is 1. The molecule has 5 rings (SSSR count). The van der Waals surface area contributed by atoms with Gasteiger partial charge in [0.1, 0.15) is 16.9 Å². The predicted molar refractivity (Wildman–Crippen MR) is 120 cm³/mol. The smallest absolute Gasteiger partial charge is 0.234 e. The Morgan fingerprint density at radius 2 is 1.94 bits per heavy atom. The first kappa shape index (κ1) is 19.7. The molecule has 0 fully saturated rings. The maximum absolute atomic E-state index is 12.4. The number of hydrogen-bond acceptors (Lipinski definition) is 7. The highest BCUT2D eigenvalue weighted by molar-refractivity contribution is 8.00. The Bertz CT molecular complexity index is 1310. The molecule has 7 nitrogen and oxygen atoms in total.